The molecule has 2 rings (SSSR count). The first kappa shape index (κ1) is 12.8. The number of H-pyrrole nitrogens is 1. The molecule has 18 heavy (non-hydrogen) atoms. The van der Waals surface area contributed by atoms with Crippen LogP contribution in [0.5, 0.6) is 0 Å². The van der Waals surface area contributed by atoms with Crippen LogP contribution in [-0.4, -0.2) is 26.8 Å². The van der Waals surface area contributed by atoms with E-state index in [-0.39, 0.29) is 5.54 Å². The first-order valence-corrected chi connectivity index (χ1v) is 5.80. The third-order valence-corrected chi connectivity index (χ3v) is 3.19. The average molecular weight is 250 g/mol. The Labute approximate surface area is 106 Å². The third kappa shape index (κ3) is 1.95. The van der Waals surface area contributed by atoms with Crippen LogP contribution in [0.4, 0.5) is 5.82 Å². The van der Waals surface area contributed by atoms with E-state index in [9.17, 15) is 4.79 Å². The molecule has 0 radical (unpaired) electrons. The van der Waals surface area contributed by atoms with E-state index in [0.717, 1.165) is 11.3 Å². The van der Waals surface area contributed by atoms with Crippen molar-refractivity contribution in [2.45, 2.75) is 45.4 Å². The second-order valence-corrected chi connectivity index (χ2v) is 5.51. The fourth-order valence-electron chi connectivity index (χ4n) is 2.11. The van der Waals surface area contributed by atoms with Gasteiger partial charge in [0.25, 0.3) is 0 Å². The van der Waals surface area contributed by atoms with Gasteiger partial charge >= 0.3 is 0 Å². The van der Waals surface area contributed by atoms with E-state index < -0.39 is 5.60 Å². The van der Waals surface area contributed by atoms with Crippen molar-refractivity contribution in [3.63, 3.8) is 0 Å². The minimum Gasteiger partial charge on any atom is -0.382 e. The van der Waals surface area contributed by atoms with Crippen LogP contribution < -0.4 is 5.73 Å². The second kappa shape index (κ2) is 3.95. The summed E-state index contributed by atoms with van der Waals surface area (Å²) in [6.07, 6.45) is 1.36. The molecule has 1 aromatic rings. The lowest BCUT2D eigenvalue weighted by atomic mass is 10.0. The van der Waals surface area contributed by atoms with Gasteiger partial charge in [-0.3, -0.25) is 9.94 Å². The fraction of sp³-hybridized carbons (Fsp3) is 0.583. The van der Waals surface area contributed by atoms with Crippen LogP contribution in [0.2, 0.25) is 0 Å². The number of aromatic nitrogens is 2. The monoisotopic (exact) mass is 250 g/mol. The Morgan fingerprint density at radius 3 is 2.83 bits per heavy atom. The minimum absolute atomic E-state index is 0.367. The second-order valence-electron chi connectivity index (χ2n) is 5.51. The highest BCUT2D eigenvalue weighted by Gasteiger charge is 2.43. The number of carbonyl (C=O) groups excluding carboxylic acids is 1. The highest BCUT2D eigenvalue weighted by molar-refractivity contribution is 5.48. The number of rotatable bonds is 3. The van der Waals surface area contributed by atoms with Gasteiger partial charge in [0.1, 0.15) is 17.4 Å². The quantitative estimate of drug-likeness (QED) is 0.786. The Kier molecular flexibility index (Phi) is 2.81. The predicted molar refractivity (Wildman–Crippen MR) is 67.0 cm³/mol. The van der Waals surface area contributed by atoms with Crippen LogP contribution in [0.3, 0.4) is 0 Å². The lowest BCUT2D eigenvalue weighted by molar-refractivity contribution is -0.264. The first-order chi connectivity index (χ1) is 8.28. The van der Waals surface area contributed by atoms with E-state index in [1.807, 2.05) is 27.7 Å². The van der Waals surface area contributed by atoms with E-state index in [4.69, 9.17) is 10.6 Å². The van der Waals surface area contributed by atoms with Crippen molar-refractivity contribution >= 4 is 11.8 Å². The molecule has 0 bridgehead atoms. The maximum absolute atomic E-state index is 10.5. The first-order valence-electron chi connectivity index (χ1n) is 5.80. The number of hydrogen-bond donors (Lipinski definition) is 2. The molecule has 0 aliphatic carbocycles. The molecule has 98 valence electrons. The van der Waals surface area contributed by atoms with Crippen LogP contribution in [0, 0.1) is 0 Å². The van der Waals surface area contributed by atoms with Crippen LogP contribution >= 0.6 is 0 Å². The average Bonchev–Trinajstić information content (AvgIpc) is 2.69. The molecule has 6 nitrogen and oxygen atoms in total. The summed E-state index contributed by atoms with van der Waals surface area (Å²) >= 11 is 0. The van der Waals surface area contributed by atoms with E-state index in [1.54, 1.807) is 11.0 Å². The summed E-state index contributed by atoms with van der Waals surface area (Å²) in [5, 5.41) is 8.75. The van der Waals surface area contributed by atoms with Crippen molar-refractivity contribution in [1.29, 1.82) is 0 Å². The molecule has 0 atom stereocenters. The number of anilines is 1. The highest BCUT2D eigenvalue weighted by atomic mass is 16.7. The molecule has 0 fully saturated rings. The summed E-state index contributed by atoms with van der Waals surface area (Å²) < 4.78 is 0. The van der Waals surface area contributed by atoms with Crippen molar-refractivity contribution in [1.82, 2.24) is 15.3 Å². The lowest BCUT2D eigenvalue weighted by Crippen LogP contribution is -2.42. The maximum Gasteiger partial charge on any atom is 0.150 e. The number of nitrogens with one attached hydrogen (secondary N) is 1. The lowest BCUT2D eigenvalue weighted by Gasteiger charge is -2.35. The molecule has 0 saturated heterocycles. The summed E-state index contributed by atoms with van der Waals surface area (Å²) in [4.78, 5) is 16.3. The number of nitrogen functional groups attached to an aromatic ring is 1. The SMILES string of the molecule is CC(C)(C=C=O)ON1Cc2c(N)n[nH]c2C1(C)C. The summed E-state index contributed by atoms with van der Waals surface area (Å²) in [7, 11) is 0. The number of nitrogens with two attached hydrogens (primary N) is 1. The zero-order valence-corrected chi connectivity index (χ0v) is 11.1. The summed E-state index contributed by atoms with van der Waals surface area (Å²) in [6, 6.07) is 0. The smallest absolute Gasteiger partial charge is 0.150 e. The summed E-state index contributed by atoms with van der Waals surface area (Å²) in [5.41, 5.74) is 6.63. The Hall–Kier alpha value is -1.62. The Bertz CT molecular complexity index is 512. The van der Waals surface area contributed by atoms with Gasteiger partial charge in [-0.1, -0.05) is 0 Å². The molecule has 1 aromatic heterocycles. The van der Waals surface area contributed by atoms with Gasteiger partial charge in [-0.15, -0.1) is 0 Å². The summed E-state index contributed by atoms with van der Waals surface area (Å²) in [5.74, 6) is 2.26. The molecular formula is C12H18N4O2. The van der Waals surface area contributed by atoms with Gasteiger partial charge in [0, 0.05) is 11.6 Å². The van der Waals surface area contributed by atoms with E-state index in [0.29, 0.717) is 12.4 Å². The van der Waals surface area contributed by atoms with Gasteiger partial charge in [-0.25, -0.2) is 4.79 Å². The normalized spacial score (nSPS) is 18.4. The third-order valence-electron chi connectivity index (χ3n) is 3.19. The van der Waals surface area contributed by atoms with Crippen molar-refractivity contribution in [3.05, 3.63) is 17.3 Å². The van der Waals surface area contributed by atoms with Crippen molar-refractivity contribution < 1.29 is 9.63 Å². The molecule has 1 aliphatic rings. The van der Waals surface area contributed by atoms with E-state index >= 15 is 0 Å². The Morgan fingerprint density at radius 2 is 2.28 bits per heavy atom. The van der Waals surface area contributed by atoms with Gasteiger partial charge in [0.2, 0.25) is 0 Å². The van der Waals surface area contributed by atoms with Gasteiger partial charge in [0.15, 0.2) is 0 Å². The van der Waals surface area contributed by atoms with Crippen molar-refractivity contribution in [2.75, 3.05) is 5.73 Å². The number of fused-ring (bicyclic) bond motifs is 1. The zero-order chi connectivity index (χ0) is 13.6. The minimum atomic E-state index is -0.704. The highest BCUT2D eigenvalue weighted by Crippen LogP contribution is 2.41. The molecule has 0 unspecified atom stereocenters. The molecule has 0 aromatic carbocycles. The number of hydrogen-bond acceptors (Lipinski definition) is 5. The van der Waals surface area contributed by atoms with Crippen LogP contribution in [0.1, 0.15) is 39.0 Å². The van der Waals surface area contributed by atoms with Gasteiger partial charge in [-0.2, -0.15) is 10.2 Å². The fourth-order valence-corrected chi connectivity index (χ4v) is 2.11. The van der Waals surface area contributed by atoms with Crippen LogP contribution in [-0.2, 0) is 21.7 Å². The molecule has 6 heteroatoms. The van der Waals surface area contributed by atoms with Gasteiger partial charge < -0.3 is 5.73 Å². The molecule has 1 aliphatic heterocycles. The van der Waals surface area contributed by atoms with Crippen molar-refractivity contribution in [3.8, 4) is 0 Å². The Balaban J connectivity index is 2.27. The predicted octanol–water partition coefficient (Wildman–Crippen LogP) is 1.14. The largest absolute Gasteiger partial charge is 0.382 e. The van der Waals surface area contributed by atoms with Crippen LogP contribution in [0.25, 0.3) is 0 Å². The standard InChI is InChI=1S/C12H18N4O2/c1-11(2,5-6-17)18-16-7-8-9(12(16,3)4)14-15-10(8)13/h5H,7H2,1-4H3,(H3,13,14,15). The number of hydroxylamine groups is 2. The molecule has 0 amide bonds. The molecule has 0 spiro atoms. The van der Waals surface area contributed by atoms with Crippen molar-refractivity contribution in [2.24, 2.45) is 0 Å². The van der Waals surface area contributed by atoms with E-state index in [1.165, 1.54) is 6.08 Å². The maximum atomic E-state index is 10.5. The van der Waals surface area contributed by atoms with Crippen LogP contribution in [0.15, 0.2) is 6.08 Å². The van der Waals surface area contributed by atoms with E-state index in [2.05, 4.69) is 10.2 Å². The number of nitrogens with zero attached hydrogens (tertiary/aromatic N) is 2. The Morgan fingerprint density at radius 1 is 1.61 bits per heavy atom. The number of aromatic amines is 1. The molecular weight excluding hydrogens is 232 g/mol. The topological polar surface area (TPSA) is 84.2 Å². The van der Waals surface area contributed by atoms with Gasteiger partial charge in [-0.05, 0) is 27.7 Å². The molecule has 3 N–H and O–H groups in total. The zero-order valence-electron chi connectivity index (χ0n) is 11.1. The molecule has 0 saturated carbocycles. The van der Waals surface area contributed by atoms with Gasteiger partial charge in [0.05, 0.1) is 17.8 Å². The molecule has 2 heterocycles. The summed E-state index contributed by atoms with van der Waals surface area (Å²) in [6.45, 7) is 8.18.